The van der Waals surface area contributed by atoms with E-state index in [0.29, 0.717) is 5.92 Å². The fraction of sp³-hybridized carbons (Fsp3) is 0.588. The van der Waals surface area contributed by atoms with E-state index >= 15 is 0 Å². The third kappa shape index (κ3) is 4.14. The van der Waals surface area contributed by atoms with Crippen molar-refractivity contribution < 1.29 is 9.53 Å². The Morgan fingerprint density at radius 2 is 2.05 bits per heavy atom. The number of nitrogens with zero attached hydrogens (tertiary/aromatic N) is 1. The molecular formula is C17H27ClN2O2. The van der Waals surface area contributed by atoms with Crippen molar-refractivity contribution in [2.45, 2.75) is 38.6 Å². The summed E-state index contributed by atoms with van der Waals surface area (Å²) in [5, 5.41) is 0. The van der Waals surface area contributed by atoms with Crippen LogP contribution in [0.2, 0.25) is 0 Å². The van der Waals surface area contributed by atoms with Crippen LogP contribution in [0.1, 0.15) is 38.2 Å². The molecule has 124 valence electrons. The molecule has 2 N–H and O–H groups in total. The summed E-state index contributed by atoms with van der Waals surface area (Å²) in [6, 6.07) is 7.76. The lowest BCUT2D eigenvalue weighted by Gasteiger charge is -2.24. The van der Waals surface area contributed by atoms with Crippen molar-refractivity contribution in [2.24, 2.45) is 11.7 Å². The number of amides is 1. The Morgan fingerprint density at radius 1 is 1.41 bits per heavy atom. The number of methoxy groups -OCH3 is 1. The van der Waals surface area contributed by atoms with Crippen molar-refractivity contribution in [3.63, 3.8) is 0 Å². The number of benzene rings is 1. The third-order valence-corrected chi connectivity index (χ3v) is 4.63. The largest absolute Gasteiger partial charge is 0.497 e. The highest BCUT2D eigenvalue weighted by atomic mass is 35.5. The number of halogens is 1. The van der Waals surface area contributed by atoms with Gasteiger partial charge in [-0.3, -0.25) is 4.79 Å². The highest BCUT2D eigenvalue weighted by molar-refractivity contribution is 5.85. The van der Waals surface area contributed by atoms with Crippen molar-refractivity contribution in [3.05, 3.63) is 29.8 Å². The molecule has 3 atom stereocenters. The zero-order chi connectivity index (χ0) is 15.4. The Bertz CT molecular complexity index is 478. The Morgan fingerprint density at radius 3 is 2.59 bits per heavy atom. The first-order valence-electron chi connectivity index (χ1n) is 7.75. The van der Waals surface area contributed by atoms with Gasteiger partial charge in [0.25, 0.3) is 0 Å². The number of hydrogen-bond acceptors (Lipinski definition) is 3. The molecule has 5 heteroatoms. The van der Waals surface area contributed by atoms with E-state index in [4.69, 9.17) is 10.5 Å². The summed E-state index contributed by atoms with van der Waals surface area (Å²) >= 11 is 0. The van der Waals surface area contributed by atoms with Gasteiger partial charge in [-0.05, 0) is 30.0 Å². The highest BCUT2D eigenvalue weighted by Crippen LogP contribution is 2.29. The molecule has 1 aromatic carbocycles. The smallest absolute Gasteiger partial charge is 0.239 e. The van der Waals surface area contributed by atoms with E-state index in [9.17, 15) is 4.79 Å². The molecule has 1 amide bonds. The number of carbonyl (C=O) groups is 1. The molecule has 2 rings (SSSR count). The molecule has 1 aliphatic heterocycles. The van der Waals surface area contributed by atoms with Gasteiger partial charge in [0, 0.05) is 19.0 Å². The van der Waals surface area contributed by atoms with Gasteiger partial charge in [0.15, 0.2) is 0 Å². The van der Waals surface area contributed by atoms with Gasteiger partial charge in [0.2, 0.25) is 5.91 Å². The lowest BCUT2D eigenvalue weighted by molar-refractivity contribution is -0.132. The fourth-order valence-corrected chi connectivity index (χ4v) is 2.82. The predicted molar refractivity (Wildman–Crippen MR) is 91.6 cm³/mol. The molecule has 1 aromatic rings. The summed E-state index contributed by atoms with van der Waals surface area (Å²) in [6.07, 6.45) is 1.94. The number of hydrogen-bond donors (Lipinski definition) is 1. The van der Waals surface area contributed by atoms with E-state index in [1.165, 1.54) is 5.56 Å². The molecule has 0 aliphatic carbocycles. The first kappa shape index (κ1) is 18.8. The molecule has 0 bridgehead atoms. The van der Waals surface area contributed by atoms with Crippen LogP contribution < -0.4 is 10.5 Å². The molecule has 1 heterocycles. The molecule has 22 heavy (non-hydrogen) atoms. The summed E-state index contributed by atoms with van der Waals surface area (Å²) < 4.78 is 5.18. The minimum atomic E-state index is -0.371. The van der Waals surface area contributed by atoms with Crippen molar-refractivity contribution in [3.8, 4) is 5.75 Å². The van der Waals surface area contributed by atoms with Crippen molar-refractivity contribution >= 4 is 18.3 Å². The maximum absolute atomic E-state index is 12.4. The standard InChI is InChI=1S/C17H26N2O2.ClH/c1-4-12(2)16(18)17(20)19-10-9-14(11-19)13-5-7-15(21-3)8-6-13;/h5-8,12,14,16H,4,9-11,18H2,1-3H3;1H. The zero-order valence-corrected chi connectivity index (χ0v) is 14.4. The van der Waals surface area contributed by atoms with Crippen LogP contribution in [0.3, 0.4) is 0 Å². The van der Waals surface area contributed by atoms with Crippen molar-refractivity contribution in [1.29, 1.82) is 0 Å². The summed E-state index contributed by atoms with van der Waals surface area (Å²) in [5.74, 6) is 1.60. The van der Waals surface area contributed by atoms with Gasteiger partial charge in [-0.15, -0.1) is 12.4 Å². The molecule has 1 aliphatic rings. The van der Waals surface area contributed by atoms with Crippen LogP contribution in [0.15, 0.2) is 24.3 Å². The van der Waals surface area contributed by atoms with Gasteiger partial charge in [-0.25, -0.2) is 0 Å². The molecule has 0 aromatic heterocycles. The normalized spacial score (nSPS) is 20.2. The van der Waals surface area contributed by atoms with Crippen LogP contribution in [0.5, 0.6) is 5.75 Å². The zero-order valence-electron chi connectivity index (χ0n) is 13.6. The second kappa shape index (κ2) is 8.39. The lowest BCUT2D eigenvalue weighted by Crippen LogP contribution is -2.46. The quantitative estimate of drug-likeness (QED) is 0.905. The molecule has 4 nitrogen and oxygen atoms in total. The summed E-state index contributed by atoms with van der Waals surface area (Å²) in [7, 11) is 1.67. The highest BCUT2D eigenvalue weighted by Gasteiger charge is 2.31. The van der Waals surface area contributed by atoms with Gasteiger partial charge >= 0.3 is 0 Å². The van der Waals surface area contributed by atoms with E-state index in [2.05, 4.69) is 19.1 Å². The van der Waals surface area contributed by atoms with Crippen LogP contribution >= 0.6 is 12.4 Å². The number of nitrogens with two attached hydrogens (primary N) is 1. The molecule has 3 unspecified atom stereocenters. The average Bonchev–Trinajstić information content (AvgIpc) is 3.02. The molecule has 1 saturated heterocycles. The average molecular weight is 327 g/mol. The topological polar surface area (TPSA) is 55.6 Å². The van der Waals surface area contributed by atoms with E-state index < -0.39 is 0 Å². The predicted octanol–water partition coefficient (Wildman–Crippen LogP) is 2.81. The number of ether oxygens (including phenoxy) is 1. The Kier molecular flexibility index (Phi) is 7.17. The second-order valence-corrected chi connectivity index (χ2v) is 5.95. The van der Waals surface area contributed by atoms with E-state index in [1.54, 1.807) is 7.11 Å². The van der Waals surface area contributed by atoms with Crippen LogP contribution in [0, 0.1) is 5.92 Å². The molecule has 0 radical (unpaired) electrons. The van der Waals surface area contributed by atoms with E-state index in [1.807, 2.05) is 24.0 Å². The third-order valence-electron chi connectivity index (χ3n) is 4.63. The maximum Gasteiger partial charge on any atom is 0.239 e. The summed E-state index contributed by atoms with van der Waals surface area (Å²) in [5.41, 5.74) is 7.33. The van der Waals surface area contributed by atoms with Gasteiger partial charge in [-0.2, -0.15) is 0 Å². The van der Waals surface area contributed by atoms with Gasteiger partial charge < -0.3 is 15.4 Å². The van der Waals surface area contributed by atoms with Crippen molar-refractivity contribution in [1.82, 2.24) is 4.90 Å². The fourth-order valence-electron chi connectivity index (χ4n) is 2.82. The Labute approximate surface area is 139 Å². The first-order chi connectivity index (χ1) is 10.1. The molecule has 0 spiro atoms. The van der Waals surface area contributed by atoms with E-state index in [0.717, 1.165) is 31.7 Å². The molecular weight excluding hydrogens is 300 g/mol. The van der Waals surface area contributed by atoms with Crippen LogP contribution in [0.4, 0.5) is 0 Å². The van der Waals surface area contributed by atoms with Crippen LogP contribution in [-0.4, -0.2) is 37.0 Å². The Hall–Kier alpha value is -1.26. The van der Waals surface area contributed by atoms with Gasteiger partial charge in [0.1, 0.15) is 5.75 Å². The minimum Gasteiger partial charge on any atom is -0.497 e. The second-order valence-electron chi connectivity index (χ2n) is 5.95. The maximum atomic E-state index is 12.4. The minimum absolute atomic E-state index is 0. The van der Waals surface area contributed by atoms with Gasteiger partial charge in [-0.1, -0.05) is 32.4 Å². The summed E-state index contributed by atoms with van der Waals surface area (Å²) in [6.45, 7) is 5.69. The van der Waals surface area contributed by atoms with Crippen LogP contribution in [-0.2, 0) is 4.79 Å². The number of rotatable bonds is 5. The summed E-state index contributed by atoms with van der Waals surface area (Å²) in [4.78, 5) is 14.3. The molecule has 0 saturated carbocycles. The SMILES string of the molecule is CCC(C)C(N)C(=O)N1CCC(c2ccc(OC)cc2)C1.Cl. The monoisotopic (exact) mass is 326 g/mol. The lowest BCUT2D eigenvalue weighted by atomic mass is 9.98. The number of likely N-dealkylation sites (tertiary alicyclic amines) is 1. The Balaban J connectivity index is 0.00000242. The molecule has 1 fully saturated rings. The van der Waals surface area contributed by atoms with Gasteiger partial charge in [0.05, 0.1) is 13.2 Å². The van der Waals surface area contributed by atoms with E-state index in [-0.39, 0.29) is 30.3 Å². The first-order valence-corrected chi connectivity index (χ1v) is 7.75. The van der Waals surface area contributed by atoms with Crippen LogP contribution in [0.25, 0.3) is 0 Å². The number of carbonyl (C=O) groups excluding carboxylic acids is 1. The van der Waals surface area contributed by atoms with Crippen molar-refractivity contribution in [2.75, 3.05) is 20.2 Å².